The Hall–Kier alpha value is -4.92. The van der Waals surface area contributed by atoms with Gasteiger partial charge in [-0.3, -0.25) is 14.8 Å². The summed E-state index contributed by atoms with van der Waals surface area (Å²) in [6.45, 7) is 11.3. The number of aromatic hydroxyl groups is 1. The van der Waals surface area contributed by atoms with E-state index in [0.29, 0.717) is 41.2 Å². The molecule has 4 N–H and O–H groups in total. The van der Waals surface area contributed by atoms with Crippen LogP contribution >= 0.6 is 0 Å². The highest BCUT2D eigenvalue weighted by atomic mass is 19.4. The van der Waals surface area contributed by atoms with Gasteiger partial charge in [-0.25, -0.2) is 9.64 Å². The number of allylic oxidation sites excluding steroid dienone is 1. The molecular formula is C26H24F3N5O4. The van der Waals surface area contributed by atoms with Gasteiger partial charge in [0, 0.05) is 36.6 Å². The van der Waals surface area contributed by atoms with Crippen molar-refractivity contribution in [3.05, 3.63) is 94.4 Å². The van der Waals surface area contributed by atoms with Crippen molar-refractivity contribution in [3.8, 4) is 5.88 Å². The van der Waals surface area contributed by atoms with Gasteiger partial charge in [0.15, 0.2) is 11.6 Å². The fourth-order valence-corrected chi connectivity index (χ4v) is 3.14. The van der Waals surface area contributed by atoms with Crippen LogP contribution in [0.3, 0.4) is 0 Å². The number of aromatic nitrogens is 2. The van der Waals surface area contributed by atoms with Crippen LogP contribution in [0.25, 0.3) is 10.9 Å². The number of carbonyl (C=O) groups is 2. The molecule has 3 heterocycles. The molecule has 1 aliphatic rings. The van der Waals surface area contributed by atoms with Crippen LogP contribution in [-0.2, 0) is 16.0 Å². The number of alkyl halides is 3. The number of carboxylic acids is 1. The lowest BCUT2D eigenvalue weighted by atomic mass is 10.0. The summed E-state index contributed by atoms with van der Waals surface area (Å²) in [6, 6.07) is 12.2. The van der Waals surface area contributed by atoms with Gasteiger partial charge in [-0.2, -0.15) is 13.2 Å². The summed E-state index contributed by atoms with van der Waals surface area (Å²) in [5.41, 5.74) is 4.22. The Kier molecular flexibility index (Phi) is 10.3. The van der Waals surface area contributed by atoms with Gasteiger partial charge in [0.2, 0.25) is 0 Å². The van der Waals surface area contributed by atoms with Gasteiger partial charge in [-0.1, -0.05) is 30.3 Å². The molecule has 0 aliphatic carbocycles. The zero-order valence-corrected chi connectivity index (χ0v) is 20.4. The Labute approximate surface area is 216 Å². The maximum absolute atomic E-state index is 12.8. The number of carboxylic acid groups (broad SMARTS) is 1. The van der Waals surface area contributed by atoms with Gasteiger partial charge in [0.25, 0.3) is 5.91 Å². The minimum atomic E-state index is -5.08. The molecule has 2 aromatic heterocycles. The summed E-state index contributed by atoms with van der Waals surface area (Å²) in [6.07, 6.45) is 0.510. The molecule has 0 atom stereocenters. The lowest BCUT2D eigenvalue weighted by Crippen LogP contribution is -2.29. The molecule has 1 aliphatic heterocycles. The van der Waals surface area contributed by atoms with Gasteiger partial charge < -0.3 is 20.5 Å². The summed E-state index contributed by atoms with van der Waals surface area (Å²) in [7, 11) is 0. The van der Waals surface area contributed by atoms with E-state index in [1.807, 2.05) is 25.1 Å². The molecule has 0 fully saturated rings. The number of amides is 1. The molecule has 0 bridgehead atoms. The average molecular weight is 528 g/mol. The summed E-state index contributed by atoms with van der Waals surface area (Å²) in [4.78, 5) is 36.6. The standard InChI is InChI=1S/C24H23N5O2.C2HF3O2/c1-16-21(15-18-9-10-19(25-3)8-6-13-27-23(18)30)29-17(2)22(16)24(31)28-14-11-20-7-4-5-12-26-20;3-2(4,5)1(6)7/h4-10,12-13,15,27,30H,11,14H2,1-2H3,(H,28,31);(H,6,7). The monoisotopic (exact) mass is 527 g/mol. The smallest absolute Gasteiger partial charge is 0.490 e. The third kappa shape index (κ3) is 8.63. The summed E-state index contributed by atoms with van der Waals surface area (Å²) < 4.78 is 31.7. The third-order valence-electron chi connectivity index (χ3n) is 4.98. The summed E-state index contributed by atoms with van der Waals surface area (Å²) in [5, 5.41) is 20.4. The van der Waals surface area contributed by atoms with Crippen LogP contribution < -0.4 is 5.32 Å². The first kappa shape index (κ1) is 29.3. The number of aliphatic imine (C=N–C) groups is 1. The SMILES string of the molecule is O=C(O)C(F)(F)F.[C-]#[N+]c1ccc[nH]c(O)c(C=C2N=C(C)C(C(=O)NCCc3ccccn3)=C2C)cc1. The minimum absolute atomic E-state index is 0.0754. The van der Waals surface area contributed by atoms with E-state index in [9.17, 15) is 23.1 Å². The number of hydrogen-bond donors (Lipinski definition) is 4. The lowest BCUT2D eigenvalue weighted by Gasteiger charge is -2.07. The molecule has 1 amide bonds. The highest BCUT2D eigenvalue weighted by Gasteiger charge is 2.38. The molecule has 38 heavy (non-hydrogen) atoms. The number of aromatic amines is 1. The third-order valence-corrected chi connectivity index (χ3v) is 4.98. The molecule has 0 radical (unpaired) electrons. The Morgan fingerprint density at radius 1 is 1.16 bits per heavy atom. The van der Waals surface area contributed by atoms with Crippen LogP contribution in [0.5, 0.6) is 5.88 Å². The fourth-order valence-electron chi connectivity index (χ4n) is 3.14. The second-order valence-electron chi connectivity index (χ2n) is 7.70. The average Bonchev–Trinajstić information content (AvgIpc) is 3.18. The summed E-state index contributed by atoms with van der Waals surface area (Å²) >= 11 is 0. The van der Waals surface area contributed by atoms with Crippen molar-refractivity contribution in [1.29, 1.82) is 0 Å². The molecule has 3 rings (SSSR count). The minimum Gasteiger partial charge on any atom is -0.494 e. The Morgan fingerprint density at radius 2 is 1.87 bits per heavy atom. The Morgan fingerprint density at radius 3 is 2.47 bits per heavy atom. The van der Waals surface area contributed by atoms with Gasteiger partial charge in [-0.15, -0.1) is 0 Å². The lowest BCUT2D eigenvalue weighted by molar-refractivity contribution is -0.192. The van der Waals surface area contributed by atoms with Gasteiger partial charge in [-0.05, 0) is 37.6 Å². The van der Waals surface area contributed by atoms with Gasteiger partial charge in [0.1, 0.15) is 0 Å². The number of halogens is 3. The zero-order chi connectivity index (χ0) is 28.3. The van der Waals surface area contributed by atoms with Crippen molar-refractivity contribution in [1.82, 2.24) is 15.3 Å². The quantitative estimate of drug-likeness (QED) is 0.410. The number of nitrogens with one attached hydrogen (secondary N) is 2. The number of nitrogens with zero attached hydrogens (tertiary/aromatic N) is 3. The number of pyridine rings is 1. The van der Waals surface area contributed by atoms with Crippen molar-refractivity contribution < 1.29 is 33.0 Å². The highest BCUT2D eigenvalue weighted by Crippen LogP contribution is 2.28. The van der Waals surface area contributed by atoms with Crippen LogP contribution in [0.1, 0.15) is 25.1 Å². The molecule has 198 valence electrons. The van der Waals surface area contributed by atoms with Crippen molar-refractivity contribution in [2.45, 2.75) is 26.4 Å². The molecule has 0 saturated carbocycles. The van der Waals surface area contributed by atoms with E-state index in [1.54, 1.807) is 49.7 Å². The number of hydrogen-bond acceptors (Lipinski definition) is 5. The van der Waals surface area contributed by atoms with Gasteiger partial charge in [0.05, 0.1) is 23.6 Å². The number of H-pyrrole nitrogens is 1. The molecule has 2 aromatic rings. The molecule has 0 aromatic carbocycles. The first-order valence-corrected chi connectivity index (χ1v) is 11.0. The molecule has 12 heteroatoms. The van der Waals surface area contributed by atoms with Gasteiger partial charge >= 0.3 is 12.1 Å². The van der Waals surface area contributed by atoms with E-state index in [4.69, 9.17) is 16.5 Å². The maximum Gasteiger partial charge on any atom is 0.490 e. The molecule has 0 unspecified atom stereocenters. The van der Waals surface area contributed by atoms with Crippen molar-refractivity contribution >= 4 is 29.4 Å². The number of rotatable bonds is 5. The van der Waals surface area contributed by atoms with E-state index >= 15 is 0 Å². The summed E-state index contributed by atoms with van der Waals surface area (Å²) in [5.74, 6) is -3.03. The van der Waals surface area contributed by atoms with Crippen LogP contribution in [0.15, 0.2) is 76.7 Å². The van der Waals surface area contributed by atoms with Crippen LogP contribution in [0.4, 0.5) is 18.9 Å². The fraction of sp³-hybridized carbons (Fsp3) is 0.192. The van der Waals surface area contributed by atoms with E-state index in [0.717, 1.165) is 11.3 Å². The predicted octanol–water partition coefficient (Wildman–Crippen LogP) is 4.91. The van der Waals surface area contributed by atoms with E-state index in [1.165, 1.54) is 0 Å². The van der Waals surface area contributed by atoms with E-state index in [-0.39, 0.29) is 11.8 Å². The van der Waals surface area contributed by atoms with Crippen molar-refractivity contribution in [2.24, 2.45) is 4.99 Å². The first-order chi connectivity index (χ1) is 17.9. The molecule has 0 spiro atoms. The second-order valence-corrected chi connectivity index (χ2v) is 7.70. The van der Waals surface area contributed by atoms with Crippen LogP contribution in [0, 0.1) is 6.57 Å². The normalized spacial score (nSPS) is 13.6. The van der Waals surface area contributed by atoms with Crippen LogP contribution in [-0.4, -0.2) is 50.5 Å². The molecule has 9 nitrogen and oxygen atoms in total. The molecule has 0 saturated heterocycles. The topological polar surface area (TPSA) is 132 Å². The van der Waals surface area contributed by atoms with Crippen LogP contribution in [0.2, 0.25) is 0 Å². The van der Waals surface area contributed by atoms with E-state index < -0.39 is 12.1 Å². The maximum atomic E-state index is 12.8. The Bertz CT molecular complexity index is 1370. The predicted molar refractivity (Wildman–Crippen MR) is 135 cm³/mol. The highest BCUT2D eigenvalue weighted by molar-refractivity contribution is 6.24. The number of aliphatic carboxylic acids is 1. The van der Waals surface area contributed by atoms with Crippen molar-refractivity contribution in [2.75, 3.05) is 6.54 Å². The number of carbonyl (C=O) groups excluding carboxylic acids is 1. The zero-order valence-electron chi connectivity index (χ0n) is 20.4. The van der Waals surface area contributed by atoms with Crippen molar-refractivity contribution in [3.63, 3.8) is 0 Å². The molecular weight excluding hydrogens is 503 g/mol. The second kappa shape index (κ2) is 13.4. The Balaban J connectivity index is 0.000000638. The largest absolute Gasteiger partial charge is 0.494 e. The van der Waals surface area contributed by atoms with E-state index in [2.05, 4.69) is 25.1 Å². The first-order valence-electron chi connectivity index (χ1n) is 11.0.